The lowest BCUT2D eigenvalue weighted by atomic mass is 10.3. The molecule has 0 spiro atoms. The van der Waals surface area contributed by atoms with Gasteiger partial charge in [0.25, 0.3) is 0 Å². The van der Waals surface area contributed by atoms with Crippen LogP contribution in [0.5, 0.6) is 5.88 Å². The van der Waals surface area contributed by atoms with Crippen LogP contribution in [-0.2, 0) is 15.8 Å². The quantitative estimate of drug-likeness (QED) is 0.485. The molecule has 0 aromatic carbocycles. The van der Waals surface area contributed by atoms with Gasteiger partial charge in [-0.25, -0.2) is 4.98 Å². The molecule has 0 aliphatic heterocycles. The number of aromatic nitrogens is 4. The summed E-state index contributed by atoms with van der Waals surface area (Å²) in [6.07, 6.45) is 5.32. The first kappa shape index (κ1) is 17.1. The van der Waals surface area contributed by atoms with Gasteiger partial charge in [-0.15, -0.1) is 0 Å². The summed E-state index contributed by atoms with van der Waals surface area (Å²) in [7, 11) is -4.17. The largest absolute Gasteiger partial charge is 0.473 e. The Morgan fingerprint density at radius 1 is 1.33 bits per heavy atom. The van der Waals surface area contributed by atoms with E-state index in [9.17, 15) is 4.57 Å². The molecular weight excluding hydrogens is 337 g/mol. The van der Waals surface area contributed by atoms with Crippen molar-refractivity contribution in [1.29, 1.82) is 0 Å². The highest BCUT2D eigenvalue weighted by Gasteiger charge is 2.21. The number of anilines is 1. The number of fused-ring (bicyclic) bond motifs is 1. The first-order valence-corrected chi connectivity index (χ1v) is 9.49. The zero-order chi connectivity index (χ0) is 17.2. The second-order valence-electron chi connectivity index (χ2n) is 5.72. The van der Waals surface area contributed by atoms with Crippen molar-refractivity contribution < 1.29 is 23.8 Å². The number of hydrogen-bond acceptors (Lipinski definition) is 7. The van der Waals surface area contributed by atoms with E-state index in [1.54, 1.807) is 10.9 Å². The van der Waals surface area contributed by atoms with Crippen molar-refractivity contribution >= 4 is 24.7 Å². The van der Waals surface area contributed by atoms with Crippen molar-refractivity contribution in [2.45, 2.75) is 38.3 Å². The molecule has 0 bridgehead atoms. The van der Waals surface area contributed by atoms with Gasteiger partial charge in [-0.3, -0.25) is 4.57 Å². The monoisotopic (exact) mass is 357 g/mol. The Labute approximate surface area is 138 Å². The highest BCUT2D eigenvalue weighted by Crippen LogP contribution is 2.33. The molecule has 0 unspecified atom stereocenters. The van der Waals surface area contributed by atoms with E-state index >= 15 is 0 Å². The average molecular weight is 357 g/mol. The maximum Gasteiger partial charge on any atom is 0.350 e. The Morgan fingerprint density at radius 3 is 2.79 bits per heavy atom. The van der Waals surface area contributed by atoms with Crippen LogP contribution in [0.3, 0.4) is 0 Å². The molecule has 4 N–H and O–H groups in total. The maximum absolute atomic E-state index is 10.8. The predicted molar refractivity (Wildman–Crippen MR) is 85.5 cm³/mol. The Balaban J connectivity index is 1.73. The second kappa shape index (κ2) is 7.02. The van der Waals surface area contributed by atoms with Crippen LogP contribution in [0.1, 0.15) is 25.7 Å². The lowest BCUT2D eigenvalue weighted by Gasteiger charge is -2.12. The highest BCUT2D eigenvalue weighted by molar-refractivity contribution is 7.51. The normalized spacial score (nSPS) is 16.1. The van der Waals surface area contributed by atoms with Gasteiger partial charge in [0, 0.05) is 6.54 Å². The van der Waals surface area contributed by atoms with Crippen molar-refractivity contribution in [3.63, 3.8) is 0 Å². The number of nitrogens with zero attached hydrogens (tertiary/aromatic N) is 4. The van der Waals surface area contributed by atoms with E-state index in [1.807, 2.05) is 0 Å². The van der Waals surface area contributed by atoms with Gasteiger partial charge in [0.1, 0.15) is 12.5 Å². The Hall–Kier alpha value is -1.74. The first-order valence-electron chi connectivity index (χ1n) is 7.70. The van der Waals surface area contributed by atoms with Crippen LogP contribution < -0.4 is 10.5 Å². The van der Waals surface area contributed by atoms with E-state index in [2.05, 4.69) is 15.0 Å². The molecule has 3 rings (SSSR count). The van der Waals surface area contributed by atoms with Gasteiger partial charge in [0.15, 0.2) is 11.2 Å². The number of rotatable bonds is 7. The molecule has 1 aliphatic carbocycles. The van der Waals surface area contributed by atoms with Crippen LogP contribution >= 0.6 is 7.60 Å². The van der Waals surface area contributed by atoms with Crippen molar-refractivity contribution in [1.82, 2.24) is 19.5 Å². The topological polar surface area (TPSA) is 146 Å². The summed E-state index contributed by atoms with van der Waals surface area (Å²) in [5, 5.41) is 0. The fourth-order valence-corrected chi connectivity index (χ4v) is 3.06. The Kier molecular flexibility index (Phi) is 5.00. The van der Waals surface area contributed by atoms with Crippen LogP contribution in [0, 0.1) is 0 Å². The van der Waals surface area contributed by atoms with E-state index < -0.39 is 13.9 Å². The SMILES string of the molecule is Nc1nc(OC2CCCC2)c2ncn(CCOCP(=O)(O)O)c2n1. The molecule has 2 aromatic rings. The average Bonchev–Trinajstić information content (AvgIpc) is 3.12. The lowest BCUT2D eigenvalue weighted by molar-refractivity contribution is 0.149. The summed E-state index contributed by atoms with van der Waals surface area (Å²) in [5.74, 6) is 0.465. The van der Waals surface area contributed by atoms with E-state index in [-0.39, 0.29) is 18.7 Å². The summed E-state index contributed by atoms with van der Waals surface area (Å²) >= 11 is 0. The fraction of sp³-hybridized carbons (Fsp3) is 0.615. The first-order chi connectivity index (χ1) is 11.4. The fourth-order valence-electron chi connectivity index (χ4n) is 2.69. The van der Waals surface area contributed by atoms with E-state index in [0.29, 0.717) is 23.6 Å². The zero-order valence-corrected chi connectivity index (χ0v) is 13.9. The summed E-state index contributed by atoms with van der Waals surface area (Å²) in [5.41, 5.74) is 6.79. The molecular formula is C13H20N5O5P. The smallest absolute Gasteiger partial charge is 0.350 e. The Bertz CT molecular complexity index is 755. The van der Waals surface area contributed by atoms with E-state index in [0.717, 1.165) is 25.7 Å². The molecule has 10 nitrogen and oxygen atoms in total. The van der Waals surface area contributed by atoms with Gasteiger partial charge in [-0.2, -0.15) is 9.97 Å². The van der Waals surface area contributed by atoms with Crippen molar-refractivity contribution in [3.8, 4) is 5.88 Å². The third-order valence-electron chi connectivity index (χ3n) is 3.77. The highest BCUT2D eigenvalue weighted by atomic mass is 31.2. The van der Waals surface area contributed by atoms with Gasteiger partial charge in [-0.1, -0.05) is 0 Å². The molecule has 0 saturated heterocycles. The van der Waals surface area contributed by atoms with Gasteiger partial charge >= 0.3 is 7.60 Å². The summed E-state index contributed by atoms with van der Waals surface area (Å²) in [6.45, 7) is 0.440. The van der Waals surface area contributed by atoms with Crippen LogP contribution in [-0.4, -0.2) is 48.4 Å². The number of imidazole rings is 1. The standard InChI is InChI=1S/C13H20N5O5P/c14-13-16-11-10(12(17-13)23-9-3-1-2-4-9)15-7-18(11)5-6-22-8-24(19,20)21/h7,9H,1-6,8H2,(H2,14,16,17)(H2,19,20,21). The minimum absolute atomic E-state index is 0.0911. The van der Waals surface area contributed by atoms with Gasteiger partial charge < -0.3 is 29.6 Å². The molecule has 2 heterocycles. The molecule has 0 radical (unpaired) electrons. The van der Waals surface area contributed by atoms with Crippen LogP contribution in [0.15, 0.2) is 6.33 Å². The summed E-state index contributed by atoms with van der Waals surface area (Å²) in [6, 6.07) is 0. The molecule has 1 aliphatic rings. The molecule has 2 aromatic heterocycles. The van der Waals surface area contributed by atoms with Crippen molar-refractivity contribution in [2.24, 2.45) is 0 Å². The van der Waals surface area contributed by atoms with Crippen molar-refractivity contribution in [2.75, 3.05) is 18.7 Å². The number of nitrogen functional groups attached to an aromatic ring is 1. The summed E-state index contributed by atoms with van der Waals surface area (Å²) < 4.78 is 23.3. The molecule has 132 valence electrons. The minimum atomic E-state index is -4.17. The zero-order valence-electron chi connectivity index (χ0n) is 13.0. The van der Waals surface area contributed by atoms with Gasteiger partial charge in [-0.05, 0) is 25.7 Å². The molecule has 1 fully saturated rings. The van der Waals surface area contributed by atoms with Gasteiger partial charge in [0.05, 0.1) is 12.9 Å². The van der Waals surface area contributed by atoms with E-state index in [1.165, 1.54) is 0 Å². The Morgan fingerprint density at radius 2 is 2.08 bits per heavy atom. The maximum atomic E-state index is 10.8. The minimum Gasteiger partial charge on any atom is -0.473 e. The second-order valence-corrected chi connectivity index (χ2v) is 7.31. The predicted octanol–water partition coefficient (Wildman–Crippen LogP) is 0.882. The third kappa shape index (κ3) is 4.21. The molecule has 24 heavy (non-hydrogen) atoms. The van der Waals surface area contributed by atoms with Crippen LogP contribution in [0.25, 0.3) is 11.2 Å². The van der Waals surface area contributed by atoms with Gasteiger partial charge in [0.2, 0.25) is 11.8 Å². The van der Waals surface area contributed by atoms with Crippen LogP contribution in [0.2, 0.25) is 0 Å². The molecule has 0 atom stereocenters. The molecule has 11 heteroatoms. The molecule has 0 amide bonds. The molecule has 1 saturated carbocycles. The number of nitrogens with two attached hydrogens (primary N) is 1. The van der Waals surface area contributed by atoms with Crippen LogP contribution in [0.4, 0.5) is 5.95 Å². The lowest BCUT2D eigenvalue weighted by Crippen LogP contribution is -2.13. The third-order valence-corrected chi connectivity index (χ3v) is 4.28. The number of hydrogen-bond donors (Lipinski definition) is 3. The number of ether oxygens (including phenoxy) is 2. The van der Waals surface area contributed by atoms with E-state index in [4.69, 9.17) is 25.0 Å². The van der Waals surface area contributed by atoms with Crippen molar-refractivity contribution in [3.05, 3.63) is 6.33 Å². The summed E-state index contributed by atoms with van der Waals surface area (Å²) in [4.78, 5) is 30.1.